The average Bonchev–Trinajstić information content (AvgIpc) is 2.31. The number of pyridine rings is 1. The summed E-state index contributed by atoms with van der Waals surface area (Å²) < 4.78 is 0. The fourth-order valence-electron chi connectivity index (χ4n) is 1.59. The minimum atomic E-state index is -0.920. The lowest BCUT2D eigenvalue weighted by Gasteiger charge is -2.26. The van der Waals surface area contributed by atoms with Gasteiger partial charge in [0.1, 0.15) is 0 Å². The molecule has 0 aliphatic heterocycles. The quantitative estimate of drug-likeness (QED) is 0.854. The van der Waals surface area contributed by atoms with Gasteiger partial charge in [-0.15, -0.1) is 0 Å². The minimum absolute atomic E-state index is 0.0718. The van der Waals surface area contributed by atoms with Gasteiger partial charge in [-0.2, -0.15) is 0 Å². The number of aliphatic carboxylic acids is 1. The molecule has 1 heterocycles. The summed E-state index contributed by atoms with van der Waals surface area (Å²) in [5, 5.41) is 11.4. The molecule has 2 N–H and O–H groups in total. The SMILES string of the molecule is Cc1ccncc1NC(=O)N(CCC(=O)O)C(C)C. The summed E-state index contributed by atoms with van der Waals surface area (Å²) in [4.78, 5) is 28.1. The molecule has 0 radical (unpaired) electrons. The Bertz CT molecular complexity index is 460. The van der Waals surface area contributed by atoms with Gasteiger partial charge in [-0.25, -0.2) is 4.79 Å². The van der Waals surface area contributed by atoms with E-state index >= 15 is 0 Å². The van der Waals surface area contributed by atoms with Crippen LogP contribution in [0.5, 0.6) is 0 Å². The van der Waals surface area contributed by atoms with E-state index in [1.54, 1.807) is 18.5 Å². The Labute approximate surface area is 112 Å². The molecule has 0 atom stereocenters. The van der Waals surface area contributed by atoms with Crippen molar-refractivity contribution in [1.29, 1.82) is 0 Å². The Morgan fingerprint density at radius 2 is 2.16 bits per heavy atom. The fourth-order valence-corrected chi connectivity index (χ4v) is 1.59. The highest BCUT2D eigenvalue weighted by molar-refractivity contribution is 5.90. The monoisotopic (exact) mass is 265 g/mol. The number of amides is 2. The summed E-state index contributed by atoms with van der Waals surface area (Å²) >= 11 is 0. The summed E-state index contributed by atoms with van der Waals surface area (Å²) in [6, 6.07) is 1.41. The zero-order chi connectivity index (χ0) is 14.4. The Morgan fingerprint density at radius 3 is 2.68 bits per heavy atom. The van der Waals surface area contributed by atoms with Crippen molar-refractivity contribution in [3.05, 3.63) is 24.0 Å². The molecule has 0 aliphatic carbocycles. The number of rotatable bonds is 5. The van der Waals surface area contributed by atoms with Gasteiger partial charge < -0.3 is 15.3 Å². The predicted octanol–water partition coefficient (Wildman–Crippen LogP) is 2.11. The number of urea groups is 1. The summed E-state index contributed by atoms with van der Waals surface area (Å²) in [6.07, 6.45) is 3.15. The molecule has 0 fully saturated rings. The number of aromatic nitrogens is 1. The largest absolute Gasteiger partial charge is 0.481 e. The molecule has 1 rings (SSSR count). The minimum Gasteiger partial charge on any atom is -0.481 e. The van der Waals surface area contributed by atoms with Crippen LogP contribution in [0, 0.1) is 6.92 Å². The zero-order valence-corrected chi connectivity index (χ0v) is 11.4. The first kappa shape index (κ1) is 14.9. The molecule has 104 valence electrons. The van der Waals surface area contributed by atoms with E-state index in [0.717, 1.165) is 5.56 Å². The molecule has 19 heavy (non-hydrogen) atoms. The average molecular weight is 265 g/mol. The van der Waals surface area contributed by atoms with Crippen LogP contribution in [-0.2, 0) is 4.79 Å². The first-order valence-corrected chi connectivity index (χ1v) is 6.12. The smallest absolute Gasteiger partial charge is 0.322 e. The molecule has 0 spiro atoms. The normalized spacial score (nSPS) is 10.3. The first-order valence-electron chi connectivity index (χ1n) is 6.12. The van der Waals surface area contributed by atoms with Gasteiger partial charge in [-0.1, -0.05) is 0 Å². The van der Waals surface area contributed by atoms with Gasteiger partial charge in [0.05, 0.1) is 18.3 Å². The van der Waals surface area contributed by atoms with Crippen LogP contribution >= 0.6 is 0 Å². The van der Waals surface area contributed by atoms with E-state index in [1.807, 2.05) is 20.8 Å². The zero-order valence-electron chi connectivity index (χ0n) is 11.4. The Kier molecular flexibility index (Phi) is 5.29. The second kappa shape index (κ2) is 6.72. The summed E-state index contributed by atoms with van der Waals surface area (Å²) in [5.74, 6) is -0.920. The van der Waals surface area contributed by atoms with Crippen LogP contribution in [0.15, 0.2) is 18.5 Å². The molecule has 6 heteroatoms. The number of aryl methyl sites for hydroxylation is 1. The second-order valence-electron chi connectivity index (χ2n) is 4.55. The molecule has 0 bridgehead atoms. The Morgan fingerprint density at radius 1 is 1.47 bits per heavy atom. The van der Waals surface area contributed by atoms with Crippen LogP contribution in [0.4, 0.5) is 10.5 Å². The molecule has 2 amide bonds. The Hall–Kier alpha value is -2.11. The second-order valence-corrected chi connectivity index (χ2v) is 4.55. The number of carboxylic acids is 1. The van der Waals surface area contributed by atoms with Crippen LogP contribution in [0.1, 0.15) is 25.8 Å². The molecular weight excluding hydrogens is 246 g/mol. The highest BCUT2D eigenvalue weighted by Gasteiger charge is 2.18. The van der Waals surface area contributed by atoms with Gasteiger partial charge >= 0.3 is 12.0 Å². The number of anilines is 1. The third-order valence-corrected chi connectivity index (χ3v) is 2.73. The van der Waals surface area contributed by atoms with Crippen molar-refractivity contribution >= 4 is 17.7 Å². The fraction of sp³-hybridized carbons (Fsp3) is 0.462. The number of carbonyl (C=O) groups excluding carboxylic acids is 1. The summed E-state index contributed by atoms with van der Waals surface area (Å²) in [7, 11) is 0. The summed E-state index contributed by atoms with van der Waals surface area (Å²) in [6.45, 7) is 5.74. The van der Waals surface area contributed by atoms with Crippen LogP contribution in [0.3, 0.4) is 0 Å². The number of hydrogen-bond acceptors (Lipinski definition) is 3. The topological polar surface area (TPSA) is 82.5 Å². The highest BCUT2D eigenvalue weighted by Crippen LogP contribution is 2.13. The highest BCUT2D eigenvalue weighted by atomic mass is 16.4. The number of nitrogens with one attached hydrogen (secondary N) is 1. The van der Waals surface area contributed by atoms with Gasteiger partial charge in [0, 0.05) is 18.8 Å². The van der Waals surface area contributed by atoms with Crippen LogP contribution in [0.2, 0.25) is 0 Å². The molecule has 0 aliphatic rings. The van der Waals surface area contributed by atoms with Crippen molar-refractivity contribution in [2.24, 2.45) is 0 Å². The van der Waals surface area contributed by atoms with Crippen LogP contribution in [0.25, 0.3) is 0 Å². The number of carboxylic acid groups (broad SMARTS) is 1. The standard InChI is InChI=1S/C13H19N3O3/c1-9(2)16(7-5-12(17)18)13(19)15-11-8-14-6-4-10(11)3/h4,6,8-9H,5,7H2,1-3H3,(H,15,19)(H,17,18). The third kappa shape index (κ3) is 4.57. The van der Waals surface area contributed by atoms with Gasteiger partial charge in [0.15, 0.2) is 0 Å². The lowest BCUT2D eigenvalue weighted by molar-refractivity contribution is -0.137. The van der Waals surface area contributed by atoms with Gasteiger partial charge in [0.25, 0.3) is 0 Å². The van der Waals surface area contributed by atoms with Gasteiger partial charge in [-0.3, -0.25) is 9.78 Å². The van der Waals surface area contributed by atoms with Gasteiger partial charge in [-0.05, 0) is 32.4 Å². The molecule has 6 nitrogen and oxygen atoms in total. The maximum atomic E-state index is 12.1. The van der Waals surface area contributed by atoms with E-state index in [0.29, 0.717) is 5.69 Å². The van der Waals surface area contributed by atoms with E-state index < -0.39 is 5.97 Å². The maximum Gasteiger partial charge on any atom is 0.322 e. The molecule has 1 aromatic rings. The molecule has 0 unspecified atom stereocenters. The van der Waals surface area contributed by atoms with Crippen LogP contribution < -0.4 is 5.32 Å². The predicted molar refractivity (Wildman–Crippen MR) is 72.1 cm³/mol. The van der Waals surface area contributed by atoms with Crippen molar-refractivity contribution in [3.63, 3.8) is 0 Å². The van der Waals surface area contributed by atoms with Crippen molar-refractivity contribution in [2.45, 2.75) is 33.2 Å². The number of nitrogens with zero attached hydrogens (tertiary/aromatic N) is 2. The van der Waals surface area contributed by atoms with Crippen LogP contribution in [-0.4, -0.2) is 39.6 Å². The number of carbonyl (C=O) groups is 2. The van der Waals surface area contributed by atoms with Crippen molar-refractivity contribution in [1.82, 2.24) is 9.88 Å². The Balaban J connectivity index is 2.72. The lowest BCUT2D eigenvalue weighted by atomic mass is 10.2. The molecule has 0 saturated carbocycles. The summed E-state index contributed by atoms with van der Waals surface area (Å²) in [5.41, 5.74) is 1.54. The lowest BCUT2D eigenvalue weighted by Crippen LogP contribution is -2.41. The first-order chi connectivity index (χ1) is 8.91. The van der Waals surface area contributed by atoms with Crippen molar-refractivity contribution in [2.75, 3.05) is 11.9 Å². The number of hydrogen-bond donors (Lipinski definition) is 2. The van der Waals surface area contributed by atoms with E-state index in [9.17, 15) is 9.59 Å². The van der Waals surface area contributed by atoms with Crippen molar-refractivity contribution < 1.29 is 14.7 Å². The van der Waals surface area contributed by atoms with Gasteiger partial charge in [0.2, 0.25) is 0 Å². The van der Waals surface area contributed by atoms with E-state index in [4.69, 9.17) is 5.11 Å². The van der Waals surface area contributed by atoms with E-state index in [1.165, 1.54) is 4.90 Å². The molecule has 1 aromatic heterocycles. The van der Waals surface area contributed by atoms with E-state index in [2.05, 4.69) is 10.3 Å². The maximum absolute atomic E-state index is 12.1. The van der Waals surface area contributed by atoms with E-state index in [-0.39, 0.29) is 25.0 Å². The third-order valence-electron chi connectivity index (χ3n) is 2.73. The van der Waals surface area contributed by atoms with Crippen molar-refractivity contribution in [3.8, 4) is 0 Å². The molecule has 0 saturated heterocycles. The molecular formula is C13H19N3O3. The molecule has 0 aromatic carbocycles.